The summed E-state index contributed by atoms with van der Waals surface area (Å²) in [5, 5.41) is 4.45. The van der Waals surface area contributed by atoms with E-state index in [-0.39, 0.29) is 12.7 Å². The summed E-state index contributed by atoms with van der Waals surface area (Å²) in [5.41, 5.74) is 1.18. The number of fused-ring (bicyclic) bond motifs is 1. The fourth-order valence-corrected chi connectivity index (χ4v) is 3.60. The van der Waals surface area contributed by atoms with E-state index in [9.17, 15) is 4.79 Å². The largest absolute Gasteiger partial charge is 0.467 e. The first-order chi connectivity index (χ1) is 15.7. The van der Waals surface area contributed by atoms with Gasteiger partial charge in [0.05, 0.1) is 23.4 Å². The van der Waals surface area contributed by atoms with Gasteiger partial charge in [-0.05, 0) is 42.5 Å². The van der Waals surface area contributed by atoms with Gasteiger partial charge in [-0.25, -0.2) is 0 Å². The van der Waals surface area contributed by atoms with Crippen LogP contribution in [-0.2, 0) is 13.0 Å². The van der Waals surface area contributed by atoms with Crippen LogP contribution in [-0.4, -0.2) is 34.3 Å². The fraction of sp³-hybridized carbons (Fsp3) is 0.174. The Morgan fingerprint density at radius 1 is 1.06 bits per heavy atom. The lowest BCUT2D eigenvalue weighted by atomic mass is 10.2. The average molecular weight is 452 g/mol. The maximum absolute atomic E-state index is 13.2. The van der Waals surface area contributed by atoms with Crippen LogP contribution in [0.1, 0.15) is 22.0 Å². The minimum atomic E-state index is -0.206. The normalized spacial score (nSPS) is 12.2. The lowest BCUT2D eigenvalue weighted by molar-refractivity contribution is 0.0730. The number of hydrogen-bond donors (Lipinski definition) is 0. The number of furan rings is 1. The number of hydrogen-bond acceptors (Lipinski definition) is 7. The van der Waals surface area contributed by atoms with Crippen molar-refractivity contribution in [1.29, 1.82) is 0 Å². The minimum Gasteiger partial charge on any atom is -0.467 e. The molecule has 0 unspecified atom stereocenters. The molecule has 1 aliphatic rings. The van der Waals surface area contributed by atoms with Crippen LogP contribution < -0.4 is 9.47 Å². The van der Waals surface area contributed by atoms with Crippen LogP contribution in [0.4, 0.5) is 0 Å². The number of carbonyl (C=O) groups is 1. The number of nitrogens with zero attached hydrogens (tertiary/aromatic N) is 3. The summed E-state index contributed by atoms with van der Waals surface area (Å²) in [4.78, 5) is 19.3. The van der Waals surface area contributed by atoms with Crippen LogP contribution in [0.3, 0.4) is 0 Å². The fourth-order valence-electron chi connectivity index (χ4n) is 3.39. The van der Waals surface area contributed by atoms with Crippen molar-refractivity contribution in [1.82, 2.24) is 15.0 Å². The lowest BCUT2D eigenvalue weighted by Crippen LogP contribution is -2.32. The highest BCUT2D eigenvalue weighted by Crippen LogP contribution is 2.35. The Bertz CT molecular complexity index is 1240. The van der Waals surface area contributed by atoms with E-state index < -0.39 is 0 Å². The molecule has 0 saturated carbocycles. The van der Waals surface area contributed by atoms with Crippen molar-refractivity contribution < 1.29 is 23.2 Å². The molecule has 0 atom stereocenters. The van der Waals surface area contributed by atoms with Gasteiger partial charge in [0.2, 0.25) is 18.5 Å². The first-order valence-electron chi connectivity index (χ1n) is 9.96. The van der Waals surface area contributed by atoms with Crippen LogP contribution in [0.5, 0.6) is 11.5 Å². The number of rotatable bonds is 7. The quantitative estimate of drug-likeness (QED) is 0.405. The van der Waals surface area contributed by atoms with Crippen molar-refractivity contribution in [3.05, 3.63) is 83.1 Å². The van der Waals surface area contributed by atoms with Gasteiger partial charge < -0.3 is 23.3 Å². The van der Waals surface area contributed by atoms with Gasteiger partial charge in [-0.15, -0.1) is 0 Å². The van der Waals surface area contributed by atoms with E-state index >= 15 is 0 Å². The van der Waals surface area contributed by atoms with Gasteiger partial charge in [-0.1, -0.05) is 28.9 Å². The zero-order valence-corrected chi connectivity index (χ0v) is 17.6. The van der Waals surface area contributed by atoms with Crippen LogP contribution in [0.25, 0.3) is 11.4 Å². The van der Waals surface area contributed by atoms with Crippen LogP contribution in [0.2, 0.25) is 5.02 Å². The van der Waals surface area contributed by atoms with Crippen LogP contribution in [0.15, 0.2) is 69.8 Å². The highest BCUT2D eigenvalue weighted by atomic mass is 35.5. The second-order valence-electron chi connectivity index (χ2n) is 7.12. The molecular formula is C23H18ClN3O5. The Morgan fingerprint density at radius 3 is 2.78 bits per heavy atom. The Hall–Kier alpha value is -3.78. The number of ether oxygens (including phenoxy) is 2. The second-order valence-corrected chi connectivity index (χ2v) is 7.52. The molecule has 4 aromatic rings. The number of amides is 1. The third-order valence-electron chi connectivity index (χ3n) is 5.01. The number of halogens is 1. The average Bonchev–Trinajstić information content (AvgIpc) is 3.58. The predicted octanol–water partition coefficient (Wildman–Crippen LogP) is 4.60. The van der Waals surface area contributed by atoms with Gasteiger partial charge in [0.25, 0.3) is 5.91 Å². The third-order valence-corrected chi connectivity index (χ3v) is 5.34. The van der Waals surface area contributed by atoms with E-state index in [0.29, 0.717) is 59.1 Å². The monoisotopic (exact) mass is 451 g/mol. The number of benzene rings is 2. The molecule has 0 aliphatic carbocycles. The van der Waals surface area contributed by atoms with Crippen LogP contribution >= 0.6 is 11.6 Å². The summed E-state index contributed by atoms with van der Waals surface area (Å²) in [6.45, 7) is 0.828. The highest BCUT2D eigenvalue weighted by Gasteiger charge is 2.21. The zero-order chi connectivity index (χ0) is 21.9. The molecule has 5 rings (SSSR count). The lowest BCUT2D eigenvalue weighted by Gasteiger charge is -2.21. The summed E-state index contributed by atoms with van der Waals surface area (Å²) in [5.74, 6) is 2.63. The van der Waals surface area contributed by atoms with Gasteiger partial charge in [-0.2, -0.15) is 4.98 Å². The van der Waals surface area contributed by atoms with Crippen molar-refractivity contribution in [2.75, 3.05) is 13.3 Å². The molecule has 0 radical (unpaired) electrons. The Morgan fingerprint density at radius 2 is 1.94 bits per heavy atom. The molecule has 0 N–H and O–H groups in total. The summed E-state index contributed by atoms with van der Waals surface area (Å²) >= 11 is 6.24. The molecule has 2 aromatic carbocycles. The predicted molar refractivity (Wildman–Crippen MR) is 114 cm³/mol. The molecule has 1 aliphatic heterocycles. The van der Waals surface area contributed by atoms with E-state index in [1.807, 2.05) is 12.1 Å². The van der Waals surface area contributed by atoms with E-state index in [4.69, 9.17) is 30.0 Å². The van der Waals surface area contributed by atoms with Gasteiger partial charge in [0.15, 0.2) is 11.5 Å². The Kier molecular flexibility index (Phi) is 5.51. The smallest absolute Gasteiger partial charge is 0.255 e. The SMILES string of the molecule is O=C(c1ccccc1Cl)N(CCc1nc(-c2ccc3c(c2)OCO3)no1)Cc1ccco1. The zero-order valence-electron chi connectivity index (χ0n) is 16.9. The van der Waals surface area contributed by atoms with Crippen molar-refractivity contribution in [2.45, 2.75) is 13.0 Å². The number of carbonyl (C=O) groups excluding carboxylic acids is 1. The highest BCUT2D eigenvalue weighted by molar-refractivity contribution is 6.33. The third kappa shape index (κ3) is 4.17. The minimum absolute atomic E-state index is 0.196. The molecule has 0 spiro atoms. The molecule has 8 nitrogen and oxygen atoms in total. The summed E-state index contributed by atoms with van der Waals surface area (Å²) < 4.78 is 21.6. The van der Waals surface area contributed by atoms with Crippen molar-refractivity contribution in [3.8, 4) is 22.9 Å². The van der Waals surface area contributed by atoms with Crippen molar-refractivity contribution in [2.24, 2.45) is 0 Å². The maximum atomic E-state index is 13.2. The molecule has 2 aromatic heterocycles. The van der Waals surface area contributed by atoms with Gasteiger partial charge in [0.1, 0.15) is 5.76 Å². The second kappa shape index (κ2) is 8.76. The van der Waals surface area contributed by atoms with E-state index in [1.165, 1.54) is 0 Å². The standard InChI is InChI=1S/C23H18ClN3O5/c24-18-6-2-1-5-17(18)23(28)27(13-16-4-3-11-29-16)10-9-21-25-22(26-32-21)15-7-8-19-20(12-15)31-14-30-19/h1-8,11-12H,9-10,13-14H2. The van der Waals surface area contributed by atoms with E-state index in [1.54, 1.807) is 53.6 Å². The van der Waals surface area contributed by atoms with Crippen LogP contribution in [0, 0.1) is 0 Å². The first-order valence-corrected chi connectivity index (χ1v) is 10.3. The Labute approximate surface area is 188 Å². The number of aromatic nitrogens is 2. The van der Waals surface area contributed by atoms with Gasteiger partial charge >= 0.3 is 0 Å². The summed E-state index contributed by atoms with van der Waals surface area (Å²) in [6.07, 6.45) is 1.94. The summed E-state index contributed by atoms with van der Waals surface area (Å²) in [6, 6.07) is 16.0. The topological polar surface area (TPSA) is 90.8 Å². The summed E-state index contributed by atoms with van der Waals surface area (Å²) in [7, 11) is 0. The molecule has 9 heteroatoms. The molecular weight excluding hydrogens is 434 g/mol. The molecule has 1 amide bonds. The Balaban J connectivity index is 1.32. The molecule has 3 heterocycles. The molecule has 162 valence electrons. The molecule has 0 fully saturated rings. The van der Waals surface area contributed by atoms with Gasteiger partial charge in [0, 0.05) is 18.5 Å². The maximum Gasteiger partial charge on any atom is 0.255 e. The molecule has 0 bridgehead atoms. The van der Waals surface area contributed by atoms with E-state index in [2.05, 4.69) is 10.1 Å². The molecule has 0 saturated heterocycles. The van der Waals surface area contributed by atoms with Crippen molar-refractivity contribution in [3.63, 3.8) is 0 Å². The first kappa shape index (κ1) is 20.1. The van der Waals surface area contributed by atoms with E-state index in [0.717, 1.165) is 5.56 Å². The molecule has 32 heavy (non-hydrogen) atoms. The van der Waals surface area contributed by atoms with Gasteiger partial charge in [-0.3, -0.25) is 4.79 Å². The van der Waals surface area contributed by atoms with Crippen molar-refractivity contribution >= 4 is 17.5 Å².